The molecule has 1 fully saturated rings. The van der Waals surface area contributed by atoms with Crippen LogP contribution in [0.25, 0.3) is 0 Å². The Balaban J connectivity index is 1.94. The fourth-order valence-corrected chi connectivity index (χ4v) is 3.70. The molecule has 1 heterocycles. The minimum Gasteiger partial charge on any atom is -0.477 e. The van der Waals surface area contributed by atoms with Crippen molar-refractivity contribution < 1.29 is 28.8 Å². The Morgan fingerprint density at radius 1 is 1.13 bits per heavy atom. The number of ether oxygens (including phenoxy) is 4. The molecule has 1 saturated carbocycles. The predicted octanol–water partition coefficient (Wildman–Crippen LogP) is 3.88. The third-order valence-corrected chi connectivity index (χ3v) is 5.15. The van der Waals surface area contributed by atoms with Crippen LogP contribution in [0, 0.1) is 0 Å². The summed E-state index contributed by atoms with van der Waals surface area (Å²) >= 11 is 0. The van der Waals surface area contributed by atoms with Gasteiger partial charge in [-0.3, -0.25) is 4.68 Å². The first kappa shape index (κ1) is 21.9. The lowest BCUT2D eigenvalue weighted by Crippen LogP contribution is -2.11. The summed E-state index contributed by atoms with van der Waals surface area (Å²) in [7, 11) is 4.81. The highest BCUT2D eigenvalue weighted by Gasteiger charge is 2.23. The Morgan fingerprint density at radius 2 is 1.83 bits per heavy atom. The third-order valence-electron chi connectivity index (χ3n) is 5.15. The van der Waals surface area contributed by atoms with Crippen LogP contribution in [-0.4, -0.2) is 48.7 Å². The summed E-state index contributed by atoms with van der Waals surface area (Å²) in [5.74, 6) is 0.549. The summed E-state index contributed by atoms with van der Waals surface area (Å²) < 4.78 is 22.6. The van der Waals surface area contributed by atoms with Crippen molar-refractivity contribution in [2.24, 2.45) is 7.05 Å². The summed E-state index contributed by atoms with van der Waals surface area (Å²) in [6.07, 6.45) is 5.96. The number of rotatable bonds is 10. The summed E-state index contributed by atoms with van der Waals surface area (Å²) in [5.41, 5.74) is 1.34. The first-order valence-corrected chi connectivity index (χ1v) is 9.99. The van der Waals surface area contributed by atoms with Gasteiger partial charge in [0.05, 0.1) is 11.4 Å². The second-order valence-corrected chi connectivity index (χ2v) is 7.29. The molecule has 0 aliphatic heterocycles. The van der Waals surface area contributed by atoms with Crippen molar-refractivity contribution in [2.45, 2.75) is 38.0 Å². The maximum atomic E-state index is 12.0. The second-order valence-electron chi connectivity index (χ2n) is 7.29. The Hall–Kier alpha value is -2.78. The number of nitrogens with one attached hydrogen (secondary N) is 1. The molecule has 164 valence electrons. The zero-order valence-corrected chi connectivity index (χ0v) is 17.6. The Labute approximate surface area is 175 Å². The molecule has 0 saturated heterocycles. The lowest BCUT2D eigenvalue weighted by Gasteiger charge is -2.19. The number of aryl methyl sites for hydroxylation is 1. The molecule has 1 aliphatic carbocycles. The largest absolute Gasteiger partial charge is 0.477 e. The molecule has 3 rings (SSSR count). The topological polar surface area (TPSA) is 104 Å². The molecule has 30 heavy (non-hydrogen) atoms. The van der Waals surface area contributed by atoms with E-state index in [1.165, 1.54) is 39.5 Å². The molecule has 2 N–H and O–H groups in total. The number of hydrogen-bond acceptors (Lipinski definition) is 7. The van der Waals surface area contributed by atoms with E-state index in [0.717, 1.165) is 18.5 Å². The fourth-order valence-electron chi connectivity index (χ4n) is 3.70. The highest BCUT2D eigenvalue weighted by atomic mass is 16.7. The van der Waals surface area contributed by atoms with Crippen LogP contribution in [-0.2, 0) is 16.5 Å². The normalized spacial score (nSPS) is 14.5. The highest BCUT2D eigenvalue weighted by Crippen LogP contribution is 2.36. The van der Waals surface area contributed by atoms with E-state index in [1.54, 1.807) is 10.7 Å². The molecule has 1 aliphatic rings. The quantitative estimate of drug-likeness (QED) is 0.559. The Kier molecular flexibility index (Phi) is 7.53. The number of carbonyl (C=O) groups is 1. The molecule has 0 radical (unpaired) electrons. The van der Waals surface area contributed by atoms with Gasteiger partial charge in [-0.25, -0.2) is 4.79 Å². The average Bonchev–Trinajstić information content (AvgIpc) is 3.11. The van der Waals surface area contributed by atoms with E-state index >= 15 is 0 Å². The zero-order chi connectivity index (χ0) is 21.5. The lowest BCUT2D eigenvalue weighted by molar-refractivity contribution is 0.0447. The average molecular weight is 419 g/mol. The predicted molar refractivity (Wildman–Crippen MR) is 111 cm³/mol. The highest BCUT2D eigenvalue weighted by molar-refractivity contribution is 5.98. The van der Waals surface area contributed by atoms with E-state index < -0.39 is 5.97 Å². The first-order valence-electron chi connectivity index (χ1n) is 9.99. The van der Waals surface area contributed by atoms with Gasteiger partial charge in [-0.05, 0) is 12.8 Å². The van der Waals surface area contributed by atoms with Gasteiger partial charge >= 0.3 is 5.97 Å². The molecular weight excluding hydrogens is 390 g/mol. The number of carboxylic acid groups (broad SMARTS) is 1. The minimum atomic E-state index is -1.13. The molecule has 2 aromatic rings. The molecular formula is C21H29N3O6. The number of carboxylic acids is 1. The maximum absolute atomic E-state index is 12.0. The number of benzene rings is 1. The smallest absolute Gasteiger partial charge is 0.341 e. The van der Waals surface area contributed by atoms with Crippen LogP contribution in [0.1, 0.15) is 54.1 Å². The molecule has 1 aromatic carbocycles. The SMILES string of the molecule is COCOc1cc(Nc2cc(C3CCCCC3)nn2C)c(C(=O)O)c(OCOC)c1. The van der Waals surface area contributed by atoms with Crippen LogP contribution in [0.4, 0.5) is 11.5 Å². The maximum Gasteiger partial charge on any atom is 0.341 e. The summed E-state index contributed by atoms with van der Waals surface area (Å²) in [4.78, 5) is 12.0. The summed E-state index contributed by atoms with van der Waals surface area (Å²) in [5, 5.41) is 17.7. The van der Waals surface area contributed by atoms with Crippen molar-refractivity contribution in [1.82, 2.24) is 9.78 Å². The summed E-state index contributed by atoms with van der Waals surface area (Å²) in [6.45, 7) is -0.0713. The van der Waals surface area contributed by atoms with Crippen molar-refractivity contribution in [1.29, 1.82) is 0 Å². The van der Waals surface area contributed by atoms with Gasteiger partial charge in [-0.2, -0.15) is 5.10 Å². The summed E-state index contributed by atoms with van der Waals surface area (Å²) in [6, 6.07) is 5.10. The van der Waals surface area contributed by atoms with Gasteiger partial charge in [-0.1, -0.05) is 19.3 Å². The van der Waals surface area contributed by atoms with Gasteiger partial charge < -0.3 is 29.4 Å². The van der Waals surface area contributed by atoms with Crippen LogP contribution in [0.2, 0.25) is 0 Å². The minimum absolute atomic E-state index is 0.0165. The molecule has 1 aromatic heterocycles. The van der Waals surface area contributed by atoms with E-state index in [4.69, 9.17) is 18.9 Å². The van der Waals surface area contributed by atoms with Gasteiger partial charge in [0, 0.05) is 45.4 Å². The van der Waals surface area contributed by atoms with Crippen molar-refractivity contribution in [3.8, 4) is 11.5 Å². The molecule has 9 heteroatoms. The van der Waals surface area contributed by atoms with Crippen LogP contribution < -0.4 is 14.8 Å². The number of nitrogens with zero attached hydrogens (tertiary/aromatic N) is 2. The van der Waals surface area contributed by atoms with Gasteiger partial charge in [0.25, 0.3) is 0 Å². The number of aromatic carboxylic acids is 1. The van der Waals surface area contributed by atoms with Crippen LogP contribution >= 0.6 is 0 Å². The van der Waals surface area contributed by atoms with Crippen molar-refractivity contribution >= 4 is 17.5 Å². The molecule has 0 bridgehead atoms. The number of hydrogen-bond donors (Lipinski definition) is 2. The Bertz CT molecular complexity index is 861. The number of aromatic nitrogens is 2. The van der Waals surface area contributed by atoms with Gasteiger partial charge in [0.2, 0.25) is 0 Å². The lowest BCUT2D eigenvalue weighted by atomic mass is 9.87. The van der Waals surface area contributed by atoms with Crippen LogP contribution in [0.15, 0.2) is 18.2 Å². The molecule has 9 nitrogen and oxygen atoms in total. The Morgan fingerprint density at radius 3 is 2.50 bits per heavy atom. The molecule has 0 unspecified atom stereocenters. The monoisotopic (exact) mass is 419 g/mol. The van der Waals surface area contributed by atoms with Crippen molar-refractivity contribution in [3.05, 3.63) is 29.5 Å². The molecule has 0 amide bonds. The molecule has 0 atom stereocenters. The third kappa shape index (κ3) is 5.22. The molecule has 0 spiro atoms. The van der Waals surface area contributed by atoms with E-state index in [2.05, 4.69) is 10.4 Å². The van der Waals surface area contributed by atoms with E-state index in [1.807, 2.05) is 13.1 Å². The number of anilines is 2. The first-order chi connectivity index (χ1) is 14.5. The van der Waals surface area contributed by atoms with Crippen LogP contribution in [0.3, 0.4) is 0 Å². The fraction of sp³-hybridized carbons (Fsp3) is 0.524. The van der Waals surface area contributed by atoms with E-state index in [9.17, 15) is 9.90 Å². The van der Waals surface area contributed by atoms with E-state index in [0.29, 0.717) is 23.2 Å². The zero-order valence-electron chi connectivity index (χ0n) is 17.6. The second kappa shape index (κ2) is 10.3. The van der Waals surface area contributed by atoms with E-state index in [-0.39, 0.29) is 24.9 Å². The van der Waals surface area contributed by atoms with Gasteiger partial charge in [0.15, 0.2) is 13.6 Å². The van der Waals surface area contributed by atoms with Gasteiger partial charge in [-0.15, -0.1) is 0 Å². The van der Waals surface area contributed by atoms with Crippen molar-refractivity contribution in [3.63, 3.8) is 0 Å². The number of methoxy groups -OCH3 is 2. The standard InChI is InChI=1S/C21H29N3O6/c1-24-19(11-16(23-24)14-7-5-4-6-8-14)22-17-9-15(29-12-27-2)10-18(30-13-28-3)20(17)21(25)26/h9-11,14,22H,4-8,12-13H2,1-3H3,(H,25,26). The van der Waals surface area contributed by atoms with Crippen LogP contribution in [0.5, 0.6) is 11.5 Å². The van der Waals surface area contributed by atoms with Gasteiger partial charge in [0.1, 0.15) is 22.9 Å². The van der Waals surface area contributed by atoms with Crippen molar-refractivity contribution in [2.75, 3.05) is 33.1 Å².